The Labute approximate surface area is 78.4 Å². The monoisotopic (exact) mass is 198 g/mol. The lowest BCUT2D eigenvalue weighted by molar-refractivity contribution is 1.54. The lowest BCUT2D eigenvalue weighted by Gasteiger charge is -1.93. The number of thiophene rings is 1. The van der Waals surface area contributed by atoms with Crippen LogP contribution in [0.25, 0.3) is 10.1 Å². The topological polar surface area (TPSA) is 0 Å². The summed E-state index contributed by atoms with van der Waals surface area (Å²) >= 11 is 5.91. The third-order valence-electron chi connectivity index (χ3n) is 1.53. The Balaban J connectivity index is 2.67. The average Bonchev–Trinajstić information content (AvgIpc) is 2.50. The highest BCUT2D eigenvalue weighted by Crippen LogP contribution is 2.28. The maximum Gasteiger partial charge on any atom is 0.0343 e. The smallest absolute Gasteiger partial charge is 0.0343 e. The Bertz CT molecular complexity index is 364. The van der Waals surface area contributed by atoms with Crippen molar-refractivity contribution >= 4 is 43.9 Å². The molecule has 0 aliphatic heterocycles. The zero-order valence-corrected chi connectivity index (χ0v) is 8.18. The summed E-state index contributed by atoms with van der Waals surface area (Å²) in [6.07, 6.45) is 0. The van der Waals surface area contributed by atoms with Crippen LogP contribution in [0.15, 0.2) is 34.5 Å². The molecule has 0 fully saturated rings. The van der Waals surface area contributed by atoms with E-state index >= 15 is 0 Å². The Morgan fingerprint density at radius 3 is 3.00 bits per heavy atom. The summed E-state index contributed by atoms with van der Waals surface area (Å²) in [5.41, 5.74) is 0. The van der Waals surface area contributed by atoms with Crippen LogP contribution in [0.1, 0.15) is 0 Å². The van der Waals surface area contributed by atoms with Crippen molar-refractivity contribution in [1.82, 2.24) is 0 Å². The fourth-order valence-electron chi connectivity index (χ4n) is 1.00. The molecular weight excluding hydrogens is 192 g/mol. The van der Waals surface area contributed by atoms with Crippen LogP contribution in [0.2, 0.25) is 0 Å². The zero-order valence-electron chi connectivity index (χ0n) is 5.65. The summed E-state index contributed by atoms with van der Waals surface area (Å²) in [7, 11) is 1.49. The summed E-state index contributed by atoms with van der Waals surface area (Å²) < 4.78 is 1.34. The van der Waals surface area contributed by atoms with E-state index in [9.17, 15) is 0 Å². The molecule has 0 saturated heterocycles. The van der Waals surface area contributed by atoms with Gasteiger partial charge in [-0.05, 0) is 35.0 Å². The maximum absolute atomic E-state index is 4.14. The van der Waals surface area contributed by atoms with Crippen molar-refractivity contribution < 1.29 is 0 Å². The number of thiol groups is 1. The fraction of sp³-hybridized carbons (Fsp3) is 0. The van der Waals surface area contributed by atoms with E-state index in [1.165, 1.54) is 25.8 Å². The van der Waals surface area contributed by atoms with Crippen LogP contribution in [0.4, 0.5) is 0 Å². The summed E-state index contributed by atoms with van der Waals surface area (Å²) in [4.78, 5) is 1.21. The highest BCUT2D eigenvalue weighted by molar-refractivity contribution is 8.68. The van der Waals surface area contributed by atoms with Gasteiger partial charge < -0.3 is 0 Å². The van der Waals surface area contributed by atoms with Crippen molar-refractivity contribution in [1.29, 1.82) is 0 Å². The van der Waals surface area contributed by atoms with Gasteiger partial charge in [-0.25, -0.2) is 0 Å². The molecule has 1 aromatic carbocycles. The normalized spacial score (nSPS) is 10.6. The first-order valence-corrected chi connectivity index (χ1v) is 5.94. The molecule has 56 valence electrons. The van der Waals surface area contributed by atoms with Crippen molar-refractivity contribution in [3.63, 3.8) is 0 Å². The van der Waals surface area contributed by atoms with E-state index < -0.39 is 0 Å². The molecule has 2 aromatic rings. The van der Waals surface area contributed by atoms with Crippen LogP contribution in [-0.2, 0) is 0 Å². The molecule has 0 amide bonds. The summed E-state index contributed by atoms with van der Waals surface area (Å²) in [6.45, 7) is 0. The molecule has 0 nitrogen and oxygen atoms in total. The number of benzene rings is 1. The van der Waals surface area contributed by atoms with Crippen LogP contribution in [0.5, 0.6) is 0 Å². The lowest BCUT2D eigenvalue weighted by atomic mass is 10.3. The van der Waals surface area contributed by atoms with Gasteiger partial charge in [0.2, 0.25) is 0 Å². The molecule has 0 unspecified atom stereocenters. The van der Waals surface area contributed by atoms with Crippen LogP contribution in [0, 0.1) is 0 Å². The number of hydrogen-bond acceptors (Lipinski definition) is 3. The molecule has 0 aliphatic carbocycles. The molecule has 1 heterocycles. The van der Waals surface area contributed by atoms with E-state index in [0.29, 0.717) is 0 Å². The number of fused-ring (bicyclic) bond motifs is 1. The largest absolute Gasteiger partial charge is 0.144 e. The van der Waals surface area contributed by atoms with Gasteiger partial charge in [0.15, 0.2) is 0 Å². The van der Waals surface area contributed by atoms with Gasteiger partial charge in [-0.15, -0.1) is 23.0 Å². The minimum absolute atomic E-state index is 1.21. The van der Waals surface area contributed by atoms with Gasteiger partial charge in [0, 0.05) is 9.60 Å². The lowest BCUT2D eigenvalue weighted by Crippen LogP contribution is -1.64. The van der Waals surface area contributed by atoms with Crippen LogP contribution in [-0.4, -0.2) is 0 Å². The number of rotatable bonds is 1. The van der Waals surface area contributed by atoms with Crippen LogP contribution >= 0.6 is 33.8 Å². The average molecular weight is 198 g/mol. The van der Waals surface area contributed by atoms with Gasteiger partial charge in [0.05, 0.1) is 0 Å². The Morgan fingerprint density at radius 2 is 2.18 bits per heavy atom. The Morgan fingerprint density at radius 1 is 1.27 bits per heavy atom. The summed E-state index contributed by atoms with van der Waals surface area (Å²) in [5.74, 6) is 0. The minimum atomic E-state index is 1.21. The first-order chi connectivity index (χ1) is 5.40. The molecule has 3 heteroatoms. The molecular formula is C8H6S3. The van der Waals surface area contributed by atoms with Crippen LogP contribution in [0.3, 0.4) is 0 Å². The van der Waals surface area contributed by atoms with E-state index in [4.69, 9.17) is 0 Å². The highest BCUT2D eigenvalue weighted by Gasteiger charge is 1.95. The molecule has 0 N–H and O–H groups in total. The first kappa shape index (κ1) is 7.53. The summed E-state index contributed by atoms with van der Waals surface area (Å²) in [6, 6.07) is 8.52. The molecule has 2 rings (SSSR count). The van der Waals surface area contributed by atoms with Crippen molar-refractivity contribution in [3.8, 4) is 0 Å². The SMILES string of the molecule is SSc1ccc2sccc2c1. The quantitative estimate of drug-likeness (QED) is 0.536. The fourth-order valence-corrected chi connectivity index (χ4v) is 2.42. The second-order valence-electron chi connectivity index (χ2n) is 2.21. The van der Waals surface area contributed by atoms with Gasteiger partial charge in [-0.3, -0.25) is 0 Å². The third-order valence-corrected chi connectivity index (χ3v) is 3.52. The van der Waals surface area contributed by atoms with Crippen molar-refractivity contribution in [2.24, 2.45) is 0 Å². The molecule has 0 radical (unpaired) electrons. The molecule has 0 atom stereocenters. The predicted molar refractivity (Wildman–Crippen MR) is 56.7 cm³/mol. The second-order valence-corrected chi connectivity index (χ2v) is 4.36. The van der Waals surface area contributed by atoms with Gasteiger partial charge >= 0.3 is 0 Å². The molecule has 0 spiro atoms. The Hall–Kier alpha value is -0.120. The van der Waals surface area contributed by atoms with E-state index in [1.807, 2.05) is 0 Å². The Kier molecular flexibility index (Phi) is 2.11. The molecule has 11 heavy (non-hydrogen) atoms. The molecule has 0 saturated carbocycles. The van der Waals surface area contributed by atoms with Crippen molar-refractivity contribution in [2.75, 3.05) is 0 Å². The van der Waals surface area contributed by atoms with E-state index in [2.05, 4.69) is 41.3 Å². The van der Waals surface area contributed by atoms with Gasteiger partial charge in [-0.1, -0.05) is 10.8 Å². The van der Waals surface area contributed by atoms with Gasteiger partial charge in [-0.2, -0.15) is 0 Å². The van der Waals surface area contributed by atoms with Crippen molar-refractivity contribution in [2.45, 2.75) is 4.90 Å². The number of hydrogen-bond donors (Lipinski definition) is 1. The molecule has 1 aromatic heterocycles. The second kappa shape index (κ2) is 3.09. The maximum atomic E-state index is 4.14. The third kappa shape index (κ3) is 1.41. The van der Waals surface area contributed by atoms with E-state index in [-0.39, 0.29) is 0 Å². The standard InChI is InChI=1S/C8H6S3/c9-11-7-1-2-8-6(5-7)3-4-10-8/h1-5,9H. The van der Waals surface area contributed by atoms with E-state index in [1.54, 1.807) is 11.3 Å². The van der Waals surface area contributed by atoms with E-state index in [0.717, 1.165) is 0 Å². The summed E-state index contributed by atoms with van der Waals surface area (Å²) in [5, 5.41) is 3.42. The highest BCUT2D eigenvalue weighted by atomic mass is 33.1. The first-order valence-electron chi connectivity index (χ1n) is 3.19. The van der Waals surface area contributed by atoms with Gasteiger partial charge in [0.25, 0.3) is 0 Å². The molecule has 0 bridgehead atoms. The van der Waals surface area contributed by atoms with Gasteiger partial charge in [0.1, 0.15) is 0 Å². The zero-order chi connectivity index (χ0) is 7.68. The minimum Gasteiger partial charge on any atom is -0.144 e. The predicted octanol–water partition coefficient (Wildman–Crippen LogP) is 3.84. The van der Waals surface area contributed by atoms with Crippen molar-refractivity contribution in [3.05, 3.63) is 29.6 Å². The van der Waals surface area contributed by atoms with Crippen LogP contribution < -0.4 is 0 Å². The molecule has 0 aliphatic rings.